The van der Waals surface area contributed by atoms with Crippen LogP contribution in [0.1, 0.15) is 25.3 Å². The van der Waals surface area contributed by atoms with Gasteiger partial charge in [-0.05, 0) is 12.8 Å². The number of rotatable bonds is 5. The SMILES string of the molecule is CS(=O)(=O)NCCC(=O)N1CCC[C@@H](n2cncn2)C1. The maximum atomic E-state index is 12.0. The molecule has 8 nitrogen and oxygen atoms in total. The van der Waals surface area contributed by atoms with E-state index in [9.17, 15) is 13.2 Å². The summed E-state index contributed by atoms with van der Waals surface area (Å²) in [7, 11) is -3.24. The van der Waals surface area contributed by atoms with E-state index in [1.165, 1.54) is 6.33 Å². The van der Waals surface area contributed by atoms with Crippen molar-refractivity contribution in [3.63, 3.8) is 0 Å². The molecule has 112 valence electrons. The molecule has 20 heavy (non-hydrogen) atoms. The lowest BCUT2D eigenvalue weighted by Crippen LogP contribution is -2.42. The third kappa shape index (κ3) is 4.27. The first-order valence-electron chi connectivity index (χ1n) is 6.52. The largest absolute Gasteiger partial charge is 0.341 e. The number of sulfonamides is 1. The van der Waals surface area contributed by atoms with Crippen molar-refractivity contribution in [2.24, 2.45) is 0 Å². The van der Waals surface area contributed by atoms with Crippen molar-refractivity contribution in [3.8, 4) is 0 Å². The van der Waals surface area contributed by atoms with Crippen LogP contribution in [0.5, 0.6) is 0 Å². The normalized spacial score (nSPS) is 20.1. The molecule has 1 saturated heterocycles. The van der Waals surface area contributed by atoms with E-state index in [1.807, 2.05) is 0 Å². The molecule has 1 fully saturated rings. The molecular weight excluding hydrogens is 282 g/mol. The number of hydrogen-bond donors (Lipinski definition) is 1. The van der Waals surface area contributed by atoms with Crippen molar-refractivity contribution in [2.45, 2.75) is 25.3 Å². The van der Waals surface area contributed by atoms with Gasteiger partial charge in [-0.15, -0.1) is 0 Å². The molecule has 0 saturated carbocycles. The molecule has 2 rings (SSSR count). The fourth-order valence-electron chi connectivity index (χ4n) is 2.30. The molecule has 1 amide bonds. The molecular formula is C11H19N5O3S. The highest BCUT2D eigenvalue weighted by Gasteiger charge is 2.24. The fourth-order valence-corrected chi connectivity index (χ4v) is 2.78. The number of carbonyl (C=O) groups is 1. The van der Waals surface area contributed by atoms with Gasteiger partial charge in [0.2, 0.25) is 15.9 Å². The van der Waals surface area contributed by atoms with Crippen LogP contribution in [-0.4, -0.2) is 59.9 Å². The summed E-state index contributed by atoms with van der Waals surface area (Å²) in [5, 5.41) is 4.10. The summed E-state index contributed by atoms with van der Waals surface area (Å²) >= 11 is 0. The van der Waals surface area contributed by atoms with Gasteiger partial charge in [-0.3, -0.25) is 4.79 Å². The molecule has 1 N–H and O–H groups in total. The standard InChI is InChI=1S/C11H19N5O3S/c1-20(18,19)14-5-4-11(17)15-6-2-3-10(7-15)16-9-12-8-13-16/h8-10,14H,2-7H2,1H3/t10-/m1/s1. The molecule has 2 heterocycles. The Morgan fingerprint density at radius 3 is 2.95 bits per heavy atom. The molecule has 1 aromatic rings. The minimum Gasteiger partial charge on any atom is -0.341 e. The lowest BCUT2D eigenvalue weighted by Gasteiger charge is -2.32. The van der Waals surface area contributed by atoms with Crippen LogP contribution in [-0.2, 0) is 14.8 Å². The summed E-state index contributed by atoms with van der Waals surface area (Å²) in [6.45, 7) is 1.45. The third-order valence-electron chi connectivity index (χ3n) is 3.26. The van der Waals surface area contributed by atoms with Crippen molar-refractivity contribution < 1.29 is 13.2 Å². The lowest BCUT2D eigenvalue weighted by atomic mass is 10.1. The van der Waals surface area contributed by atoms with E-state index in [1.54, 1.807) is 15.9 Å². The Morgan fingerprint density at radius 1 is 1.50 bits per heavy atom. The average molecular weight is 301 g/mol. The summed E-state index contributed by atoms with van der Waals surface area (Å²) in [5.74, 6) is -0.0361. The fraction of sp³-hybridized carbons (Fsp3) is 0.727. The van der Waals surface area contributed by atoms with E-state index in [-0.39, 0.29) is 24.9 Å². The zero-order chi connectivity index (χ0) is 14.6. The van der Waals surface area contributed by atoms with Crippen LogP contribution in [0, 0.1) is 0 Å². The van der Waals surface area contributed by atoms with Crippen molar-refractivity contribution in [1.29, 1.82) is 0 Å². The first-order valence-corrected chi connectivity index (χ1v) is 8.41. The molecule has 0 spiro atoms. The first-order chi connectivity index (χ1) is 9.46. The summed E-state index contributed by atoms with van der Waals surface area (Å²) in [6.07, 6.45) is 6.28. The summed E-state index contributed by atoms with van der Waals surface area (Å²) < 4.78 is 26.0. The average Bonchev–Trinajstić information content (AvgIpc) is 2.91. The maximum absolute atomic E-state index is 12.0. The van der Waals surface area contributed by atoms with Gasteiger partial charge in [-0.2, -0.15) is 5.10 Å². The van der Waals surface area contributed by atoms with Crippen LogP contribution < -0.4 is 4.72 Å². The van der Waals surface area contributed by atoms with Crippen LogP contribution in [0.4, 0.5) is 0 Å². The van der Waals surface area contributed by atoms with E-state index in [4.69, 9.17) is 0 Å². The molecule has 1 aliphatic rings. The summed E-state index contributed by atoms with van der Waals surface area (Å²) in [5.41, 5.74) is 0. The van der Waals surface area contributed by atoms with Crippen molar-refractivity contribution in [1.82, 2.24) is 24.4 Å². The zero-order valence-corrected chi connectivity index (χ0v) is 12.2. The number of nitrogens with zero attached hydrogens (tertiary/aromatic N) is 4. The predicted molar refractivity (Wildman–Crippen MR) is 72.3 cm³/mol. The molecule has 0 bridgehead atoms. The van der Waals surface area contributed by atoms with Crippen molar-refractivity contribution >= 4 is 15.9 Å². The van der Waals surface area contributed by atoms with Crippen LogP contribution in [0.15, 0.2) is 12.7 Å². The van der Waals surface area contributed by atoms with Gasteiger partial charge in [0.05, 0.1) is 12.3 Å². The van der Waals surface area contributed by atoms with Crippen LogP contribution in [0.3, 0.4) is 0 Å². The number of likely N-dealkylation sites (tertiary alicyclic amines) is 1. The van der Waals surface area contributed by atoms with Gasteiger partial charge in [-0.1, -0.05) is 0 Å². The number of piperidine rings is 1. The van der Waals surface area contributed by atoms with Crippen molar-refractivity contribution in [3.05, 3.63) is 12.7 Å². The van der Waals surface area contributed by atoms with Gasteiger partial charge in [-0.25, -0.2) is 22.8 Å². The van der Waals surface area contributed by atoms with Gasteiger partial charge >= 0.3 is 0 Å². The number of aromatic nitrogens is 3. The molecule has 0 unspecified atom stereocenters. The Bertz CT molecular complexity index is 542. The highest BCUT2D eigenvalue weighted by atomic mass is 32.2. The van der Waals surface area contributed by atoms with Gasteiger partial charge in [0.15, 0.2) is 0 Å². The molecule has 0 radical (unpaired) electrons. The smallest absolute Gasteiger partial charge is 0.223 e. The number of hydrogen-bond acceptors (Lipinski definition) is 5. The Kier molecular flexibility index (Phi) is 4.71. The Hall–Kier alpha value is -1.48. The molecule has 1 atom stereocenters. The first kappa shape index (κ1) is 14.9. The molecule has 0 aliphatic carbocycles. The van der Waals surface area contributed by atoms with Gasteiger partial charge in [0.25, 0.3) is 0 Å². The Balaban J connectivity index is 1.84. The minimum atomic E-state index is -3.24. The highest BCUT2D eigenvalue weighted by molar-refractivity contribution is 7.88. The van der Waals surface area contributed by atoms with Gasteiger partial charge < -0.3 is 4.90 Å². The topological polar surface area (TPSA) is 97.2 Å². The zero-order valence-electron chi connectivity index (χ0n) is 11.4. The second-order valence-corrected chi connectivity index (χ2v) is 6.76. The molecule has 0 aromatic carbocycles. The predicted octanol–water partition coefficient (Wildman–Crippen LogP) is -0.619. The number of nitrogens with one attached hydrogen (secondary N) is 1. The summed E-state index contributed by atoms with van der Waals surface area (Å²) in [4.78, 5) is 17.7. The second-order valence-electron chi connectivity index (χ2n) is 4.93. The van der Waals surface area contributed by atoms with Crippen LogP contribution in [0.2, 0.25) is 0 Å². The van der Waals surface area contributed by atoms with Crippen LogP contribution in [0.25, 0.3) is 0 Å². The van der Waals surface area contributed by atoms with E-state index in [2.05, 4.69) is 14.8 Å². The van der Waals surface area contributed by atoms with Gasteiger partial charge in [0, 0.05) is 26.1 Å². The van der Waals surface area contributed by atoms with Gasteiger partial charge in [0.1, 0.15) is 12.7 Å². The number of amides is 1. The third-order valence-corrected chi connectivity index (χ3v) is 3.99. The Morgan fingerprint density at radius 2 is 2.30 bits per heavy atom. The lowest BCUT2D eigenvalue weighted by molar-refractivity contribution is -0.132. The van der Waals surface area contributed by atoms with Crippen LogP contribution >= 0.6 is 0 Å². The van der Waals surface area contributed by atoms with E-state index < -0.39 is 10.0 Å². The minimum absolute atomic E-state index is 0.0361. The van der Waals surface area contributed by atoms with E-state index >= 15 is 0 Å². The molecule has 1 aliphatic heterocycles. The quantitative estimate of drug-likeness (QED) is 0.782. The number of carbonyl (C=O) groups excluding carboxylic acids is 1. The van der Waals surface area contributed by atoms with Crippen molar-refractivity contribution in [2.75, 3.05) is 25.9 Å². The highest BCUT2D eigenvalue weighted by Crippen LogP contribution is 2.20. The second kappa shape index (κ2) is 6.31. The van der Waals surface area contributed by atoms with E-state index in [0.29, 0.717) is 13.1 Å². The Labute approximate surface area is 118 Å². The monoisotopic (exact) mass is 301 g/mol. The molecule has 9 heteroatoms. The van der Waals surface area contributed by atoms with E-state index in [0.717, 1.165) is 19.1 Å². The molecule has 1 aromatic heterocycles. The summed E-state index contributed by atoms with van der Waals surface area (Å²) in [6, 6.07) is 0.151. The maximum Gasteiger partial charge on any atom is 0.223 e.